The van der Waals surface area contributed by atoms with Gasteiger partial charge < -0.3 is 15.7 Å². The van der Waals surface area contributed by atoms with Gasteiger partial charge in [0.1, 0.15) is 6.04 Å². The van der Waals surface area contributed by atoms with Gasteiger partial charge in [0.05, 0.1) is 5.92 Å². The van der Waals surface area contributed by atoms with E-state index in [9.17, 15) is 9.59 Å². The normalized spacial score (nSPS) is 36.9. The summed E-state index contributed by atoms with van der Waals surface area (Å²) in [5, 5.41) is 8.92. The first-order valence-electron chi connectivity index (χ1n) is 6.18. The number of aliphatic carboxylic acids is 1. The van der Waals surface area contributed by atoms with Gasteiger partial charge in [-0.15, -0.1) is 0 Å². The number of fused-ring (bicyclic) bond motifs is 2. The van der Waals surface area contributed by atoms with Crippen molar-refractivity contribution in [2.45, 2.75) is 38.3 Å². The first-order chi connectivity index (χ1) is 7.93. The van der Waals surface area contributed by atoms with Crippen LogP contribution in [0.15, 0.2) is 0 Å². The molecule has 2 aliphatic rings. The zero-order chi connectivity index (χ0) is 12.7. The lowest BCUT2D eigenvalue weighted by Gasteiger charge is -2.32. The number of nitrogens with two attached hydrogens (primary N) is 1. The summed E-state index contributed by atoms with van der Waals surface area (Å²) in [6, 6.07) is -0.862. The molecular weight excluding hydrogens is 220 g/mol. The van der Waals surface area contributed by atoms with Crippen molar-refractivity contribution in [2.24, 2.45) is 23.5 Å². The molecule has 3 N–H and O–H groups in total. The molecule has 1 amide bonds. The van der Waals surface area contributed by atoms with Gasteiger partial charge in [0.2, 0.25) is 5.91 Å². The fourth-order valence-corrected chi connectivity index (χ4v) is 3.29. The van der Waals surface area contributed by atoms with E-state index in [4.69, 9.17) is 10.8 Å². The summed E-state index contributed by atoms with van der Waals surface area (Å²) in [7, 11) is 1.56. The van der Waals surface area contributed by atoms with Crippen LogP contribution in [-0.2, 0) is 9.59 Å². The molecule has 2 bridgehead atoms. The summed E-state index contributed by atoms with van der Waals surface area (Å²) in [6.07, 6.45) is 3.21. The Hall–Kier alpha value is -1.10. The average molecular weight is 240 g/mol. The third kappa shape index (κ3) is 1.92. The van der Waals surface area contributed by atoms with Gasteiger partial charge in [0.25, 0.3) is 0 Å². The van der Waals surface area contributed by atoms with Crippen molar-refractivity contribution in [1.82, 2.24) is 4.90 Å². The van der Waals surface area contributed by atoms with Crippen molar-refractivity contribution >= 4 is 11.9 Å². The minimum absolute atomic E-state index is 0.0790. The summed E-state index contributed by atoms with van der Waals surface area (Å²) in [6.45, 7) is 1.53. The highest BCUT2D eigenvalue weighted by atomic mass is 16.4. The van der Waals surface area contributed by atoms with Crippen molar-refractivity contribution in [3.05, 3.63) is 0 Å². The summed E-state index contributed by atoms with van der Waals surface area (Å²) >= 11 is 0. The Balaban J connectivity index is 2.08. The molecule has 5 unspecified atom stereocenters. The summed E-state index contributed by atoms with van der Waals surface area (Å²) < 4.78 is 0. The van der Waals surface area contributed by atoms with Crippen molar-refractivity contribution in [3.8, 4) is 0 Å². The van der Waals surface area contributed by atoms with Gasteiger partial charge >= 0.3 is 5.97 Å². The molecule has 2 rings (SSSR count). The number of hydrogen-bond acceptors (Lipinski definition) is 3. The number of amides is 1. The molecule has 0 radical (unpaired) electrons. The third-order valence-corrected chi connectivity index (χ3v) is 4.55. The summed E-state index contributed by atoms with van der Waals surface area (Å²) in [5.41, 5.74) is 6.08. The predicted octanol–water partition coefficient (Wildman–Crippen LogP) is 0.291. The zero-order valence-corrected chi connectivity index (χ0v) is 10.3. The van der Waals surface area contributed by atoms with E-state index in [1.54, 1.807) is 7.05 Å². The number of hydrogen-bond donors (Lipinski definition) is 2. The number of carboxylic acids is 1. The van der Waals surface area contributed by atoms with Crippen LogP contribution in [0.1, 0.15) is 26.2 Å². The second-order valence-corrected chi connectivity index (χ2v) is 5.40. The maximum absolute atomic E-state index is 12.3. The fourth-order valence-electron chi connectivity index (χ4n) is 3.29. The Labute approximate surface area is 101 Å². The maximum atomic E-state index is 12.3. The lowest BCUT2D eigenvalue weighted by Crippen LogP contribution is -2.50. The van der Waals surface area contributed by atoms with E-state index < -0.39 is 12.0 Å². The van der Waals surface area contributed by atoms with Gasteiger partial charge in [-0.25, -0.2) is 4.79 Å². The first-order valence-corrected chi connectivity index (χ1v) is 6.18. The quantitative estimate of drug-likeness (QED) is 0.742. The molecule has 0 aromatic heterocycles. The Morgan fingerprint density at radius 2 is 1.94 bits per heavy atom. The fraction of sp³-hybridized carbons (Fsp3) is 0.833. The van der Waals surface area contributed by atoms with Gasteiger partial charge in [-0.3, -0.25) is 4.79 Å². The zero-order valence-electron chi connectivity index (χ0n) is 10.3. The highest BCUT2D eigenvalue weighted by Crippen LogP contribution is 2.48. The number of carbonyl (C=O) groups excluding carboxylic acids is 1. The van der Waals surface area contributed by atoms with Crippen molar-refractivity contribution in [3.63, 3.8) is 0 Å². The minimum Gasteiger partial charge on any atom is -0.480 e. The molecule has 2 fully saturated rings. The van der Waals surface area contributed by atoms with Gasteiger partial charge in [-0.1, -0.05) is 0 Å². The molecule has 17 heavy (non-hydrogen) atoms. The Kier molecular flexibility index (Phi) is 3.12. The van der Waals surface area contributed by atoms with Crippen LogP contribution in [-0.4, -0.2) is 41.0 Å². The lowest BCUT2D eigenvalue weighted by atomic mass is 9.84. The molecule has 2 saturated carbocycles. The van der Waals surface area contributed by atoms with E-state index >= 15 is 0 Å². The van der Waals surface area contributed by atoms with E-state index in [0.717, 1.165) is 19.3 Å². The standard InChI is InChI=1S/C12H20N2O3/c1-6(12(16)17)14(2)11(15)9-7-3-4-8(5-7)10(9)13/h6-10H,3-5,13H2,1-2H3,(H,16,17). The number of nitrogens with zero attached hydrogens (tertiary/aromatic N) is 1. The molecule has 96 valence electrons. The minimum atomic E-state index is -0.974. The van der Waals surface area contributed by atoms with Crippen LogP contribution < -0.4 is 5.73 Å². The largest absolute Gasteiger partial charge is 0.480 e. The van der Waals surface area contributed by atoms with E-state index in [0.29, 0.717) is 11.8 Å². The van der Waals surface area contributed by atoms with Gasteiger partial charge in [-0.05, 0) is 38.0 Å². The molecule has 0 aromatic rings. The van der Waals surface area contributed by atoms with Crippen LogP contribution in [0.4, 0.5) is 0 Å². The number of carbonyl (C=O) groups is 2. The lowest BCUT2D eigenvalue weighted by molar-refractivity contribution is -0.150. The molecule has 5 atom stereocenters. The van der Waals surface area contributed by atoms with Crippen LogP contribution in [0.2, 0.25) is 0 Å². The van der Waals surface area contributed by atoms with Crippen LogP contribution in [0.25, 0.3) is 0 Å². The second kappa shape index (κ2) is 4.29. The van der Waals surface area contributed by atoms with Crippen LogP contribution in [0.3, 0.4) is 0 Å². The molecule has 0 aliphatic heterocycles. The third-order valence-electron chi connectivity index (χ3n) is 4.55. The van der Waals surface area contributed by atoms with Crippen molar-refractivity contribution < 1.29 is 14.7 Å². The van der Waals surface area contributed by atoms with Crippen LogP contribution in [0.5, 0.6) is 0 Å². The van der Waals surface area contributed by atoms with Gasteiger partial charge in [0, 0.05) is 13.1 Å². The summed E-state index contributed by atoms with van der Waals surface area (Å²) in [5.74, 6) is -0.411. The predicted molar refractivity (Wildman–Crippen MR) is 62.2 cm³/mol. The highest BCUT2D eigenvalue weighted by molar-refractivity contribution is 5.85. The molecule has 5 nitrogen and oxygen atoms in total. The second-order valence-electron chi connectivity index (χ2n) is 5.40. The highest BCUT2D eigenvalue weighted by Gasteiger charge is 2.50. The average Bonchev–Trinajstić information content (AvgIpc) is 2.86. The number of rotatable bonds is 3. The van der Waals surface area contributed by atoms with Crippen LogP contribution in [0, 0.1) is 17.8 Å². The SMILES string of the molecule is CC(C(=O)O)N(C)C(=O)C1C2CCC(C2)C1N. The van der Waals surface area contributed by atoms with E-state index in [1.807, 2.05) is 0 Å². The molecule has 0 saturated heterocycles. The molecule has 0 heterocycles. The molecule has 2 aliphatic carbocycles. The molecule has 5 heteroatoms. The maximum Gasteiger partial charge on any atom is 0.326 e. The Bertz CT molecular complexity index is 343. The van der Waals surface area contributed by atoms with Crippen molar-refractivity contribution in [2.75, 3.05) is 7.05 Å². The number of likely N-dealkylation sites (N-methyl/N-ethyl adjacent to an activating group) is 1. The molecule has 0 aromatic carbocycles. The molecular formula is C12H20N2O3. The smallest absolute Gasteiger partial charge is 0.326 e. The van der Waals surface area contributed by atoms with Gasteiger partial charge in [-0.2, -0.15) is 0 Å². The Morgan fingerprint density at radius 1 is 1.35 bits per heavy atom. The van der Waals surface area contributed by atoms with Gasteiger partial charge in [0.15, 0.2) is 0 Å². The first kappa shape index (κ1) is 12.4. The Morgan fingerprint density at radius 3 is 2.41 bits per heavy atom. The van der Waals surface area contributed by atoms with E-state index in [2.05, 4.69) is 0 Å². The monoisotopic (exact) mass is 240 g/mol. The van der Waals surface area contributed by atoms with Crippen molar-refractivity contribution in [1.29, 1.82) is 0 Å². The number of carboxylic acid groups (broad SMARTS) is 1. The van der Waals surface area contributed by atoms with E-state index in [1.165, 1.54) is 11.8 Å². The van der Waals surface area contributed by atoms with E-state index in [-0.39, 0.29) is 17.9 Å². The van der Waals surface area contributed by atoms with Crippen LogP contribution >= 0.6 is 0 Å². The summed E-state index contributed by atoms with van der Waals surface area (Å²) in [4.78, 5) is 24.5. The molecule has 0 spiro atoms. The topological polar surface area (TPSA) is 83.6 Å².